The Kier molecular flexibility index (Phi) is 6.42. The van der Waals surface area contributed by atoms with Crippen LogP contribution in [0.1, 0.15) is 38.7 Å². The van der Waals surface area contributed by atoms with Gasteiger partial charge in [0.25, 0.3) is 0 Å². The van der Waals surface area contributed by atoms with Crippen LogP contribution in [-0.4, -0.2) is 25.6 Å². The normalized spacial score (nSPS) is 14.8. The molecule has 20 heavy (non-hydrogen) atoms. The van der Waals surface area contributed by atoms with E-state index in [1.54, 1.807) is 7.05 Å². The number of nitrogens with zero attached hydrogens (tertiary/aromatic N) is 1. The van der Waals surface area contributed by atoms with Crippen molar-refractivity contribution in [3.8, 4) is 0 Å². The minimum absolute atomic E-state index is 0.0777. The standard InChI is InChI=1S/C15H23F2N3/c1-5-11(3)20-15(18-4)19-9-10(2)13-7-6-12(16)8-14(13)17/h6-8,10-11H,5,9H2,1-4H3,(H2,18,19,20). The Bertz CT molecular complexity index is 460. The van der Waals surface area contributed by atoms with Gasteiger partial charge in [0.2, 0.25) is 0 Å². The fourth-order valence-corrected chi connectivity index (χ4v) is 1.79. The molecule has 1 aromatic rings. The molecule has 1 rings (SSSR count). The Hall–Kier alpha value is -1.65. The molecule has 0 aliphatic rings. The van der Waals surface area contributed by atoms with Crippen LogP contribution in [0.25, 0.3) is 0 Å². The lowest BCUT2D eigenvalue weighted by Gasteiger charge is -2.19. The van der Waals surface area contributed by atoms with Gasteiger partial charge >= 0.3 is 0 Å². The average Bonchev–Trinajstić information content (AvgIpc) is 2.42. The third kappa shape index (κ3) is 4.79. The van der Waals surface area contributed by atoms with Gasteiger partial charge in [0.05, 0.1) is 0 Å². The summed E-state index contributed by atoms with van der Waals surface area (Å²) in [5.41, 5.74) is 0.498. The SMILES string of the molecule is CCC(C)NC(=NC)NCC(C)c1ccc(F)cc1F. The van der Waals surface area contributed by atoms with E-state index in [0.717, 1.165) is 12.5 Å². The van der Waals surface area contributed by atoms with E-state index in [2.05, 4.69) is 29.5 Å². The van der Waals surface area contributed by atoms with Crippen LogP contribution in [0.4, 0.5) is 8.78 Å². The van der Waals surface area contributed by atoms with E-state index in [9.17, 15) is 8.78 Å². The summed E-state index contributed by atoms with van der Waals surface area (Å²) in [7, 11) is 1.70. The van der Waals surface area contributed by atoms with Gasteiger partial charge in [-0.1, -0.05) is 19.9 Å². The quantitative estimate of drug-likeness (QED) is 0.644. The summed E-state index contributed by atoms with van der Waals surface area (Å²) in [6.07, 6.45) is 0.989. The van der Waals surface area contributed by atoms with E-state index < -0.39 is 11.6 Å². The molecule has 0 aliphatic carbocycles. The lowest BCUT2D eigenvalue weighted by Crippen LogP contribution is -2.43. The van der Waals surface area contributed by atoms with Crippen molar-refractivity contribution in [1.82, 2.24) is 10.6 Å². The van der Waals surface area contributed by atoms with Gasteiger partial charge in [-0.05, 0) is 25.0 Å². The molecule has 0 radical (unpaired) electrons. The summed E-state index contributed by atoms with van der Waals surface area (Å²) in [6.45, 7) is 6.57. The number of rotatable bonds is 5. The largest absolute Gasteiger partial charge is 0.356 e. The first kappa shape index (κ1) is 16.4. The van der Waals surface area contributed by atoms with E-state index in [-0.39, 0.29) is 5.92 Å². The van der Waals surface area contributed by atoms with Crippen LogP contribution in [0.15, 0.2) is 23.2 Å². The molecule has 2 N–H and O–H groups in total. The molecule has 0 saturated carbocycles. The Balaban J connectivity index is 2.59. The minimum Gasteiger partial charge on any atom is -0.356 e. The van der Waals surface area contributed by atoms with Crippen molar-refractivity contribution in [2.45, 2.75) is 39.2 Å². The fourth-order valence-electron chi connectivity index (χ4n) is 1.79. The van der Waals surface area contributed by atoms with E-state index in [0.29, 0.717) is 24.1 Å². The predicted molar refractivity (Wildman–Crippen MR) is 79.0 cm³/mol. The monoisotopic (exact) mass is 283 g/mol. The molecular weight excluding hydrogens is 260 g/mol. The molecular formula is C15H23F2N3. The first-order valence-corrected chi connectivity index (χ1v) is 6.90. The Morgan fingerprint density at radius 3 is 2.55 bits per heavy atom. The number of hydrogen-bond donors (Lipinski definition) is 2. The second kappa shape index (κ2) is 7.82. The fraction of sp³-hybridized carbons (Fsp3) is 0.533. The number of hydrogen-bond acceptors (Lipinski definition) is 1. The predicted octanol–water partition coefficient (Wildman–Crippen LogP) is 3.03. The molecule has 2 atom stereocenters. The van der Waals surface area contributed by atoms with Gasteiger partial charge in [-0.3, -0.25) is 4.99 Å². The number of aliphatic imine (C=N–C) groups is 1. The molecule has 0 heterocycles. The number of guanidine groups is 1. The highest BCUT2D eigenvalue weighted by molar-refractivity contribution is 5.79. The van der Waals surface area contributed by atoms with Crippen molar-refractivity contribution in [2.24, 2.45) is 4.99 Å². The first-order chi connectivity index (χ1) is 9.47. The Morgan fingerprint density at radius 2 is 2.00 bits per heavy atom. The summed E-state index contributed by atoms with van der Waals surface area (Å²) < 4.78 is 26.5. The average molecular weight is 283 g/mol. The second-order valence-electron chi connectivity index (χ2n) is 4.97. The van der Waals surface area contributed by atoms with Crippen molar-refractivity contribution >= 4 is 5.96 Å². The molecule has 0 fully saturated rings. The van der Waals surface area contributed by atoms with E-state index >= 15 is 0 Å². The Labute approximate surface area is 119 Å². The molecule has 112 valence electrons. The van der Waals surface area contributed by atoms with Crippen molar-refractivity contribution in [3.05, 3.63) is 35.4 Å². The number of halogens is 2. The molecule has 1 aromatic carbocycles. The maximum Gasteiger partial charge on any atom is 0.191 e. The third-order valence-corrected chi connectivity index (χ3v) is 3.29. The van der Waals surface area contributed by atoms with Crippen LogP contribution < -0.4 is 10.6 Å². The van der Waals surface area contributed by atoms with Crippen LogP contribution >= 0.6 is 0 Å². The van der Waals surface area contributed by atoms with Gasteiger partial charge in [0.15, 0.2) is 5.96 Å². The molecule has 2 unspecified atom stereocenters. The van der Waals surface area contributed by atoms with Gasteiger partial charge < -0.3 is 10.6 Å². The Morgan fingerprint density at radius 1 is 1.30 bits per heavy atom. The molecule has 0 saturated heterocycles. The number of benzene rings is 1. The summed E-state index contributed by atoms with van der Waals surface area (Å²) in [4.78, 5) is 4.12. The zero-order valence-electron chi connectivity index (χ0n) is 12.5. The smallest absolute Gasteiger partial charge is 0.191 e. The highest BCUT2D eigenvalue weighted by Gasteiger charge is 2.12. The van der Waals surface area contributed by atoms with Gasteiger partial charge in [-0.2, -0.15) is 0 Å². The topological polar surface area (TPSA) is 36.4 Å². The summed E-state index contributed by atoms with van der Waals surface area (Å²) in [5, 5.41) is 6.39. The van der Waals surface area contributed by atoms with Gasteiger partial charge in [0.1, 0.15) is 11.6 Å². The summed E-state index contributed by atoms with van der Waals surface area (Å²) >= 11 is 0. The molecule has 0 amide bonds. The van der Waals surface area contributed by atoms with Crippen LogP contribution in [0.3, 0.4) is 0 Å². The minimum atomic E-state index is -0.555. The molecule has 5 heteroatoms. The van der Waals surface area contributed by atoms with Gasteiger partial charge in [0, 0.05) is 31.6 Å². The molecule has 0 spiro atoms. The maximum absolute atomic E-state index is 13.7. The highest BCUT2D eigenvalue weighted by Crippen LogP contribution is 2.19. The number of nitrogens with one attached hydrogen (secondary N) is 2. The van der Waals surface area contributed by atoms with E-state index in [1.165, 1.54) is 12.1 Å². The second-order valence-corrected chi connectivity index (χ2v) is 4.97. The van der Waals surface area contributed by atoms with Gasteiger partial charge in [-0.15, -0.1) is 0 Å². The third-order valence-electron chi connectivity index (χ3n) is 3.29. The van der Waals surface area contributed by atoms with Crippen LogP contribution in [0.5, 0.6) is 0 Å². The molecule has 0 aromatic heterocycles. The zero-order chi connectivity index (χ0) is 15.1. The first-order valence-electron chi connectivity index (χ1n) is 6.90. The summed E-state index contributed by atoms with van der Waals surface area (Å²) in [6, 6.07) is 4.00. The van der Waals surface area contributed by atoms with Crippen LogP contribution in [0.2, 0.25) is 0 Å². The summed E-state index contributed by atoms with van der Waals surface area (Å²) in [5.74, 6) is -0.454. The van der Waals surface area contributed by atoms with Crippen molar-refractivity contribution in [2.75, 3.05) is 13.6 Å². The van der Waals surface area contributed by atoms with Crippen molar-refractivity contribution < 1.29 is 8.78 Å². The van der Waals surface area contributed by atoms with E-state index in [1.807, 2.05) is 6.92 Å². The van der Waals surface area contributed by atoms with Crippen LogP contribution in [0, 0.1) is 11.6 Å². The zero-order valence-corrected chi connectivity index (χ0v) is 12.5. The van der Waals surface area contributed by atoms with Crippen molar-refractivity contribution in [1.29, 1.82) is 0 Å². The van der Waals surface area contributed by atoms with Crippen LogP contribution in [-0.2, 0) is 0 Å². The highest BCUT2D eigenvalue weighted by atomic mass is 19.1. The maximum atomic E-state index is 13.7. The lowest BCUT2D eigenvalue weighted by atomic mass is 10.0. The lowest BCUT2D eigenvalue weighted by molar-refractivity contribution is 0.554. The molecule has 0 bridgehead atoms. The van der Waals surface area contributed by atoms with E-state index in [4.69, 9.17) is 0 Å². The van der Waals surface area contributed by atoms with Gasteiger partial charge in [-0.25, -0.2) is 8.78 Å². The molecule has 0 aliphatic heterocycles. The molecule has 3 nitrogen and oxygen atoms in total. The van der Waals surface area contributed by atoms with Crippen molar-refractivity contribution in [3.63, 3.8) is 0 Å².